The van der Waals surface area contributed by atoms with E-state index in [1.807, 2.05) is 26.4 Å². The Morgan fingerprint density at radius 2 is 1.90 bits per heavy atom. The molecule has 3 aliphatic carbocycles. The average Bonchev–Trinajstić information content (AvgIpc) is 3.16. The molecular weight excluding hydrogens is 363 g/mol. The van der Waals surface area contributed by atoms with E-state index in [-0.39, 0.29) is 5.82 Å². The lowest BCUT2D eigenvalue weighted by Crippen LogP contribution is -2.39. The molecule has 152 valence electrons. The van der Waals surface area contributed by atoms with Gasteiger partial charge in [-0.3, -0.25) is 0 Å². The van der Waals surface area contributed by atoms with E-state index in [1.165, 1.54) is 31.9 Å². The number of aromatic amines is 1. The Labute approximate surface area is 171 Å². The van der Waals surface area contributed by atoms with Crippen LogP contribution in [0, 0.1) is 29.5 Å². The fraction of sp³-hybridized carbons (Fsp3) is 0.500. The first-order valence-electron chi connectivity index (χ1n) is 10.8. The maximum atomic E-state index is 14.7. The Bertz CT molecular complexity index is 1030. The smallest absolute Gasteiger partial charge is 0.163 e. The molecule has 1 N–H and O–H groups in total. The Balaban J connectivity index is 1.50. The van der Waals surface area contributed by atoms with Crippen LogP contribution in [-0.4, -0.2) is 29.0 Å². The van der Waals surface area contributed by atoms with E-state index < -0.39 is 0 Å². The van der Waals surface area contributed by atoms with Gasteiger partial charge in [-0.25, -0.2) is 14.4 Å². The number of nitrogens with zero attached hydrogens (tertiary/aromatic N) is 3. The molecular formula is C24H29FN4. The molecule has 0 aliphatic heterocycles. The zero-order valence-corrected chi connectivity index (χ0v) is 17.5. The summed E-state index contributed by atoms with van der Waals surface area (Å²) in [6.45, 7) is 2.36. The lowest BCUT2D eigenvalue weighted by atomic mass is 9.58. The monoisotopic (exact) mass is 392 g/mol. The van der Waals surface area contributed by atoms with E-state index in [0.29, 0.717) is 23.4 Å². The van der Waals surface area contributed by atoms with Crippen molar-refractivity contribution in [1.29, 1.82) is 0 Å². The van der Waals surface area contributed by atoms with Crippen LogP contribution in [0.2, 0.25) is 0 Å². The number of anilines is 1. The molecule has 0 spiro atoms. The molecule has 2 bridgehead atoms. The molecule has 3 saturated carbocycles. The van der Waals surface area contributed by atoms with Crippen LogP contribution < -0.4 is 4.90 Å². The summed E-state index contributed by atoms with van der Waals surface area (Å²) in [5.74, 6) is 3.09. The van der Waals surface area contributed by atoms with Gasteiger partial charge in [0, 0.05) is 31.2 Å². The van der Waals surface area contributed by atoms with E-state index in [9.17, 15) is 4.39 Å². The van der Waals surface area contributed by atoms with E-state index in [1.54, 1.807) is 0 Å². The van der Waals surface area contributed by atoms with Crippen LogP contribution in [-0.2, 0) is 6.42 Å². The first kappa shape index (κ1) is 18.6. The summed E-state index contributed by atoms with van der Waals surface area (Å²) in [6, 6.07) is 6.20. The molecule has 5 heteroatoms. The molecule has 6 rings (SSSR count). The number of benzene rings is 1. The predicted octanol–water partition coefficient (Wildman–Crippen LogP) is 5.44. The van der Waals surface area contributed by atoms with Crippen LogP contribution in [0.4, 0.5) is 10.1 Å². The zero-order valence-electron chi connectivity index (χ0n) is 17.5. The number of aromatic nitrogens is 3. The number of fused-ring (bicyclic) bond motifs is 4. The van der Waals surface area contributed by atoms with Crippen LogP contribution in [0.15, 0.2) is 30.6 Å². The quantitative estimate of drug-likeness (QED) is 0.642. The van der Waals surface area contributed by atoms with Gasteiger partial charge in [0.15, 0.2) is 11.6 Å². The molecule has 0 amide bonds. The fourth-order valence-corrected chi connectivity index (χ4v) is 5.83. The van der Waals surface area contributed by atoms with Crippen LogP contribution in [0.25, 0.3) is 22.3 Å². The predicted molar refractivity (Wildman–Crippen MR) is 115 cm³/mol. The number of hydrogen-bond donors (Lipinski definition) is 1. The lowest BCUT2D eigenvalue weighted by molar-refractivity contribution is 0.0334. The SMILES string of the molecule is C[C@@H]1C2CCC(CC2)[C@H]1Cc1nc(-c2c[nH]c3c(N(C)C)cccc23)ncc1F. The molecule has 2 heterocycles. The summed E-state index contributed by atoms with van der Waals surface area (Å²) >= 11 is 0. The summed E-state index contributed by atoms with van der Waals surface area (Å²) < 4.78 is 14.7. The van der Waals surface area contributed by atoms with Gasteiger partial charge in [-0.2, -0.15) is 0 Å². The summed E-state index contributed by atoms with van der Waals surface area (Å²) in [5, 5.41) is 1.07. The van der Waals surface area contributed by atoms with Crippen LogP contribution >= 0.6 is 0 Å². The van der Waals surface area contributed by atoms with Crippen molar-refractivity contribution in [3.8, 4) is 11.4 Å². The molecule has 2 aromatic heterocycles. The molecule has 1 aromatic carbocycles. The first-order valence-corrected chi connectivity index (χ1v) is 10.8. The third-order valence-electron chi connectivity index (χ3n) is 7.50. The molecule has 3 aromatic rings. The van der Waals surface area contributed by atoms with E-state index in [0.717, 1.165) is 40.4 Å². The molecule has 2 atom stereocenters. The second-order valence-electron chi connectivity index (χ2n) is 9.19. The van der Waals surface area contributed by atoms with Gasteiger partial charge in [0.25, 0.3) is 0 Å². The van der Waals surface area contributed by atoms with Crippen molar-refractivity contribution >= 4 is 16.6 Å². The number of hydrogen-bond acceptors (Lipinski definition) is 3. The second-order valence-corrected chi connectivity index (χ2v) is 9.19. The summed E-state index contributed by atoms with van der Waals surface area (Å²) in [7, 11) is 4.06. The van der Waals surface area contributed by atoms with Crippen LogP contribution in [0.3, 0.4) is 0 Å². The summed E-state index contributed by atoms with van der Waals surface area (Å²) in [4.78, 5) is 14.5. The third kappa shape index (κ3) is 3.11. The fourth-order valence-electron chi connectivity index (χ4n) is 5.83. The number of nitrogens with one attached hydrogen (secondary N) is 1. The topological polar surface area (TPSA) is 44.8 Å². The van der Waals surface area contributed by atoms with E-state index in [2.05, 4.69) is 33.9 Å². The van der Waals surface area contributed by atoms with Crippen molar-refractivity contribution in [2.24, 2.45) is 23.7 Å². The highest BCUT2D eigenvalue weighted by Gasteiger charge is 2.41. The largest absolute Gasteiger partial charge is 0.376 e. The Morgan fingerprint density at radius 1 is 1.14 bits per heavy atom. The van der Waals surface area contributed by atoms with Crippen molar-refractivity contribution in [2.45, 2.75) is 39.0 Å². The van der Waals surface area contributed by atoms with Gasteiger partial charge in [0.1, 0.15) is 0 Å². The highest BCUT2D eigenvalue weighted by atomic mass is 19.1. The van der Waals surface area contributed by atoms with Crippen molar-refractivity contribution in [2.75, 3.05) is 19.0 Å². The maximum Gasteiger partial charge on any atom is 0.163 e. The molecule has 0 unspecified atom stereocenters. The number of halogens is 1. The standard InChI is InChI=1S/C24H29FN4/c1-14-15-7-9-16(10-8-15)18(14)11-21-20(25)13-27-24(28-21)19-12-26-23-17(19)5-4-6-22(23)29(2)3/h4-6,12-16,18,26H,7-11H2,1-3H3/t14-,15?,16?,18+/m1/s1. The maximum absolute atomic E-state index is 14.7. The molecule has 4 nitrogen and oxygen atoms in total. The molecule has 0 saturated heterocycles. The van der Waals surface area contributed by atoms with Gasteiger partial charge < -0.3 is 9.88 Å². The third-order valence-corrected chi connectivity index (χ3v) is 7.50. The Morgan fingerprint density at radius 3 is 2.62 bits per heavy atom. The first-order chi connectivity index (χ1) is 14.0. The van der Waals surface area contributed by atoms with Gasteiger partial charge in [-0.15, -0.1) is 0 Å². The number of H-pyrrole nitrogens is 1. The van der Waals surface area contributed by atoms with Crippen molar-refractivity contribution in [3.05, 3.63) is 42.1 Å². The average molecular weight is 393 g/mol. The lowest BCUT2D eigenvalue weighted by Gasteiger charge is -2.47. The normalized spacial score (nSPS) is 26.2. The Hall–Kier alpha value is -2.43. The summed E-state index contributed by atoms with van der Waals surface area (Å²) in [6.07, 6.45) is 9.34. The van der Waals surface area contributed by atoms with Crippen LogP contribution in [0.5, 0.6) is 0 Å². The van der Waals surface area contributed by atoms with Crippen molar-refractivity contribution in [1.82, 2.24) is 15.0 Å². The Kier molecular flexibility index (Phi) is 4.56. The van der Waals surface area contributed by atoms with Gasteiger partial charge in [0.05, 0.1) is 23.1 Å². The number of para-hydroxylation sites is 1. The van der Waals surface area contributed by atoms with Crippen molar-refractivity contribution in [3.63, 3.8) is 0 Å². The van der Waals surface area contributed by atoms with Crippen LogP contribution in [0.1, 0.15) is 38.3 Å². The molecule has 3 fully saturated rings. The van der Waals surface area contributed by atoms with Crippen molar-refractivity contribution < 1.29 is 4.39 Å². The van der Waals surface area contributed by atoms with Gasteiger partial charge in [0.2, 0.25) is 0 Å². The molecule has 0 radical (unpaired) electrons. The van der Waals surface area contributed by atoms with Gasteiger partial charge >= 0.3 is 0 Å². The minimum Gasteiger partial charge on any atom is -0.376 e. The second kappa shape index (κ2) is 7.12. The van der Waals surface area contributed by atoms with E-state index in [4.69, 9.17) is 4.98 Å². The highest BCUT2D eigenvalue weighted by Crippen LogP contribution is 2.49. The molecule has 3 aliphatic rings. The van der Waals surface area contributed by atoms with E-state index >= 15 is 0 Å². The highest BCUT2D eigenvalue weighted by molar-refractivity contribution is 6.00. The summed E-state index contributed by atoms with van der Waals surface area (Å²) in [5.41, 5.74) is 3.68. The van der Waals surface area contributed by atoms with Gasteiger partial charge in [-0.1, -0.05) is 19.1 Å². The minimum absolute atomic E-state index is 0.267. The number of rotatable bonds is 4. The zero-order chi connectivity index (χ0) is 20.1. The molecule has 29 heavy (non-hydrogen) atoms. The van der Waals surface area contributed by atoms with Gasteiger partial charge in [-0.05, 0) is 61.8 Å². The minimum atomic E-state index is -0.267.